The molecule has 0 aromatic rings. The minimum atomic E-state index is -0.420. The fourth-order valence-electron chi connectivity index (χ4n) is 7.58. The summed E-state index contributed by atoms with van der Waals surface area (Å²) in [7, 11) is 6.60. The maximum absolute atomic E-state index is 12.7. The number of fused-ring (bicyclic) bond motifs is 3. The molecule has 6 fully saturated rings. The van der Waals surface area contributed by atoms with Crippen molar-refractivity contribution in [3.8, 4) is 0 Å². The van der Waals surface area contributed by atoms with Crippen LogP contribution in [-0.4, -0.2) is 108 Å². The van der Waals surface area contributed by atoms with Crippen LogP contribution in [0.5, 0.6) is 0 Å². The standard InChI is InChI=1S/C10H16O4.C9H13FO3.C9H14O4/c1-12-5-7-6-3-10(11)14-9(6)4-8(7)13-2;2*1-12-7-3-8-5(6(7)4-10)2-9(11)13-8/h6-9H,3-5H2,1-2H3;5-8H,2-4H2,1H3;5-8,10H,2-4H2,1H3/t6-,7-,8-,9+;2*5-,6-,7-,8+/m111/s1. The predicted molar refractivity (Wildman–Crippen MR) is 136 cm³/mol. The number of carbonyl (C=O) groups excluding carboxylic acids is 3. The quantitative estimate of drug-likeness (QED) is 0.350. The molecule has 3 aliphatic carbocycles. The number of hydrogen-bond acceptors (Lipinski definition) is 11. The molecule has 3 saturated heterocycles. The molecule has 6 aliphatic rings. The zero-order valence-corrected chi connectivity index (χ0v) is 23.7. The van der Waals surface area contributed by atoms with Gasteiger partial charge in [-0.15, -0.1) is 0 Å². The zero-order valence-electron chi connectivity index (χ0n) is 23.7. The van der Waals surface area contributed by atoms with Gasteiger partial charge in [0.05, 0.1) is 50.9 Å². The summed E-state index contributed by atoms with van der Waals surface area (Å²) in [5.41, 5.74) is 0. The average Bonchev–Trinajstić information content (AvgIpc) is 3.75. The Bertz CT molecular complexity index is 840. The van der Waals surface area contributed by atoms with Crippen LogP contribution in [0.2, 0.25) is 0 Å². The highest BCUT2D eigenvalue weighted by molar-refractivity contribution is 5.73. The van der Waals surface area contributed by atoms with Gasteiger partial charge in [0.25, 0.3) is 0 Å². The van der Waals surface area contributed by atoms with Crippen molar-refractivity contribution >= 4 is 17.9 Å². The van der Waals surface area contributed by atoms with Crippen LogP contribution in [0.3, 0.4) is 0 Å². The van der Waals surface area contributed by atoms with E-state index < -0.39 is 6.67 Å². The first-order valence-corrected chi connectivity index (χ1v) is 14.1. The molecule has 1 N–H and O–H groups in total. The highest BCUT2D eigenvalue weighted by Gasteiger charge is 2.52. The Labute approximate surface area is 234 Å². The van der Waals surface area contributed by atoms with Crippen LogP contribution in [0, 0.1) is 35.5 Å². The van der Waals surface area contributed by atoms with Gasteiger partial charge >= 0.3 is 17.9 Å². The van der Waals surface area contributed by atoms with E-state index in [1.807, 2.05) is 0 Å². The fraction of sp³-hybridized carbons (Fsp3) is 0.893. The van der Waals surface area contributed by atoms with E-state index in [0.717, 1.165) is 12.8 Å². The van der Waals surface area contributed by atoms with E-state index in [2.05, 4.69) is 0 Å². The van der Waals surface area contributed by atoms with Gasteiger partial charge < -0.3 is 38.3 Å². The highest BCUT2D eigenvalue weighted by Crippen LogP contribution is 2.44. The third-order valence-corrected chi connectivity index (χ3v) is 9.62. The number of hydrogen-bond donors (Lipinski definition) is 1. The van der Waals surface area contributed by atoms with Gasteiger partial charge in [-0.25, -0.2) is 0 Å². The van der Waals surface area contributed by atoms with Crippen molar-refractivity contribution in [1.29, 1.82) is 0 Å². The highest BCUT2D eigenvalue weighted by atomic mass is 19.1. The van der Waals surface area contributed by atoms with Gasteiger partial charge in [-0.05, 0) is 0 Å². The lowest BCUT2D eigenvalue weighted by Crippen LogP contribution is -2.26. The summed E-state index contributed by atoms with van der Waals surface area (Å²) in [6.45, 7) is 0.308. The van der Waals surface area contributed by atoms with Gasteiger partial charge in [0.15, 0.2) is 0 Å². The molecule has 6 rings (SSSR count). The minimum Gasteiger partial charge on any atom is -0.462 e. The van der Waals surface area contributed by atoms with Gasteiger partial charge in [-0.1, -0.05) is 0 Å². The van der Waals surface area contributed by atoms with Crippen LogP contribution in [0.4, 0.5) is 4.39 Å². The summed E-state index contributed by atoms with van der Waals surface area (Å²) in [5.74, 6) is 0.336. The van der Waals surface area contributed by atoms with Gasteiger partial charge in [0.1, 0.15) is 18.3 Å². The third-order valence-electron chi connectivity index (χ3n) is 9.62. The molecule has 40 heavy (non-hydrogen) atoms. The molecule has 3 saturated carbocycles. The first-order chi connectivity index (χ1) is 19.3. The SMILES string of the molecule is COC[C@@H]1[C@H]2CC(=O)O[C@H]2C[C@H]1OC.CO[C@@H]1C[C@@H]2OC(=O)C[C@@H]2[C@H]1CF.CO[C@@H]1C[C@@H]2OC(=O)C[C@@H]2[C@H]1CO. The van der Waals surface area contributed by atoms with E-state index in [9.17, 15) is 18.8 Å². The van der Waals surface area contributed by atoms with E-state index in [1.54, 1.807) is 28.4 Å². The molecule has 11 nitrogen and oxygen atoms in total. The summed E-state index contributed by atoms with van der Waals surface area (Å²) in [5, 5.41) is 9.15. The van der Waals surface area contributed by atoms with Crippen molar-refractivity contribution in [3.05, 3.63) is 0 Å². The van der Waals surface area contributed by atoms with Crippen LogP contribution in [0.1, 0.15) is 38.5 Å². The molecular weight excluding hydrogens is 531 g/mol. The van der Waals surface area contributed by atoms with Crippen molar-refractivity contribution in [2.75, 3.05) is 48.3 Å². The van der Waals surface area contributed by atoms with Gasteiger partial charge in [-0.3, -0.25) is 18.8 Å². The monoisotopic (exact) mass is 574 g/mol. The summed E-state index contributed by atoms with van der Waals surface area (Å²) >= 11 is 0. The Balaban J connectivity index is 0.000000139. The van der Waals surface area contributed by atoms with E-state index >= 15 is 0 Å². The Morgan fingerprint density at radius 1 is 0.675 bits per heavy atom. The third kappa shape index (κ3) is 6.46. The topological polar surface area (TPSA) is 136 Å². The molecule has 0 spiro atoms. The number of aliphatic hydroxyl groups excluding tert-OH is 1. The second kappa shape index (κ2) is 13.9. The number of carbonyl (C=O) groups is 3. The number of rotatable bonds is 7. The molecular formula is C28H43FO11. The molecule has 0 aromatic carbocycles. The van der Waals surface area contributed by atoms with Crippen LogP contribution in [0.15, 0.2) is 0 Å². The van der Waals surface area contributed by atoms with Crippen molar-refractivity contribution < 1.29 is 57.0 Å². The Morgan fingerprint density at radius 2 is 1.05 bits per heavy atom. The van der Waals surface area contributed by atoms with Crippen LogP contribution in [-0.2, 0) is 47.5 Å². The van der Waals surface area contributed by atoms with E-state index in [4.69, 9.17) is 38.3 Å². The average molecular weight is 575 g/mol. The van der Waals surface area contributed by atoms with Gasteiger partial charge in [-0.2, -0.15) is 0 Å². The summed E-state index contributed by atoms with van der Waals surface area (Å²) in [6, 6.07) is 0. The number of aliphatic hydroxyl groups is 1. The maximum Gasteiger partial charge on any atom is 0.306 e. The lowest BCUT2D eigenvalue weighted by molar-refractivity contribution is -0.143. The first-order valence-electron chi connectivity index (χ1n) is 14.1. The molecule has 0 bridgehead atoms. The molecule has 3 aliphatic heterocycles. The Hall–Kier alpha value is -1.86. The zero-order chi connectivity index (χ0) is 29.0. The number of alkyl halides is 1. The van der Waals surface area contributed by atoms with Crippen LogP contribution in [0.25, 0.3) is 0 Å². The predicted octanol–water partition coefficient (Wildman–Crippen LogP) is 1.47. The Morgan fingerprint density at radius 3 is 1.43 bits per heavy atom. The molecule has 3 heterocycles. The summed E-state index contributed by atoms with van der Waals surface area (Å²) < 4.78 is 49.0. The molecule has 12 atom stereocenters. The number of methoxy groups -OCH3 is 4. The maximum atomic E-state index is 12.7. The van der Waals surface area contributed by atoms with Gasteiger partial charge in [0.2, 0.25) is 0 Å². The second-order valence-corrected chi connectivity index (χ2v) is 11.5. The fourth-order valence-corrected chi connectivity index (χ4v) is 7.58. The van der Waals surface area contributed by atoms with E-state index in [0.29, 0.717) is 44.1 Å². The molecule has 12 heteroatoms. The molecule has 0 aromatic heterocycles. The van der Waals surface area contributed by atoms with E-state index in [-0.39, 0.29) is 84.8 Å². The summed E-state index contributed by atoms with van der Waals surface area (Å²) in [6.07, 6.45) is 3.63. The van der Waals surface area contributed by atoms with Crippen molar-refractivity contribution in [2.24, 2.45) is 35.5 Å². The smallest absolute Gasteiger partial charge is 0.306 e. The number of halogens is 1. The van der Waals surface area contributed by atoms with Crippen molar-refractivity contribution in [3.63, 3.8) is 0 Å². The minimum absolute atomic E-state index is 0.0189. The first kappa shape index (κ1) is 31.1. The van der Waals surface area contributed by atoms with Crippen LogP contribution >= 0.6 is 0 Å². The normalized spacial score (nSPS) is 42.6. The van der Waals surface area contributed by atoms with E-state index in [1.165, 1.54) is 0 Å². The number of esters is 3. The lowest BCUT2D eigenvalue weighted by atomic mass is 9.93. The van der Waals surface area contributed by atoms with Gasteiger partial charge in [0, 0.05) is 89.8 Å². The van der Waals surface area contributed by atoms with Crippen molar-refractivity contribution in [1.82, 2.24) is 0 Å². The second-order valence-electron chi connectivity index (χ2n) is 11.5. The molecule has 0 unspecified atom stereocenters. The lowest BCUT2D eigenvalue weighted by Gasteiger charge is -2.20. The van der Waals surface area contributed by atoms with Crippen molar-refractivity contribution in [2.45, 2.75) is 75.1 Å². The number of ether oxygens (including phenoxy) is 7. The molecule has 0 amide bonds. The Kier molecular flexibility index (Phi) is 10.8. The summed E-state index contributed by atoms with van der Waals surface area (Å²) in [4.78, 5) is 33.0. The largest absolute Gasteiger partial charge is 0.462 e. The molecule has 228 valence electrons. The molecule has 0 radical (unpaired) electrons. The van der Waals surface area contributed by atoms with Crippen LogP contribution < -0.4 is 0 Å².